The van der Waals surface area contributed by atoms with Gasteiger partial charge in [-0.25, -0.2) is 13.4 Å². The number of rotatable bonds is 5. The van der Waals surface area contributed by atoms with E-state index in [-0.39, 0.29) is 0 Å². The largest absolute Gasteiger partial charge is 0.355 e. The Morgan fingerprint density at radius 2 is 1.96 bits per heavy atom. The van der Waals surface area contributed by atoms with Crippen LogP contribution in [0.3, 0.4) is 0 Å². The highest BCUT2D eigenvalue weighted by Crippen LogP contribution is 2.21. The van der Waals surface area contributed by atoms with Crippen LogP contribution < -0.4 is 4.90 Å². The van der Waals surface area contributed by atoms with Crippen molar-refractivity contribution in [1.29, 1.82) is 0 Å². The molecule has 1 aliphatic heterocycles. The molecule has 1 aromatic carbocycles. The predicted molar refractivity (Wildman–Crippen MR) is 100 cm³/mol. The summed E-state index contributed by atoms with van der Waals surface area (Å²) in [4.78, 5) is 9.53. The summed E-state index contributed by atoms with van der Waals surface area (Å²) in [6.45, 7) is 2.82. The molecule has 1 saturated heterocycles. The summed E-state index contributed by atoms with van der Waals surface area (Å²) in [5.41, 5.74) is 1.13. The fourth-order valence-corrected chi connectivity index (χ4v) is 3.95. The molecule has 5 nitrogen and oxygen atoms in total. The SMILES string of the molecule is CN(Cc1ccc(S(C)(=O)=O)cc1)[C@@H]1CCCN(c2ccccn2)C1. The summed E-state index contributed by atoms with van der Waals surface area (Å²) in [5.74, 6) is 1.04. The lowest BCUT2D eigenvalue weighted by Crippen LogP contribution is -2.46. The zero-order valence-corrected chi connectivity index (χ0v) is 15.6. The summed E-state index contributed by atoms with van der Waals surface area (Å²) in [6.07, 6.45) is 5.40. The van der Waals surface area contributed by atoms with Gasteiger partial charge >= 0.3 is 0 Å². The Hall–Kier alpha value is -1.92. The second-order valence-electron chi connectivity index (χ2n) is 6.76. The number of pyridine rings is 1. The third kappa shape index (κ3) is 4.58. The van der Waals surface area contributed by atoms with Crippen LogP contribution in [0.5, 0.6) is 0 Å². The molecule has 0 saturated carbocycles. The van der Waals surface area contributed by atoms with Gasteiger partial charge in [-0.1, -0.05) is 18.2 Å². The number of hydrogen-bond donors (Lipinski definition) is 0. The van der Waals surface area contributed by atoms with Crippen LogP contribution in [0.15, 0.2) is 53.6 Å². The number of sulfone groups is 1. The minimum absolute atomic E-state index is 0.373. The molecule has 134 valence electrons. The molecule has 0 amide bonds. The smallest absolute Gasteiger partial charge is 0.175 e. The average molecular weight is 359 g/mol. The van der Waals surface area contributed by atoms with Crippen LogP contribution in [0.4, 0.5) is 5.82 Å². The topological polar surface area (TPSA) is 53.5 Å². The van der Waals surface area contributed by atoms with E-state index in [0.717, 1.165) is 37.4 Å². The number of aromatic nitrogens is 1. The first kappa shape index (κ1) is 17.9. The fourth-order valence-electron chi connectivity index (χ4n) is 3.32. The van der Waals surface area contributed by atoms with Gasteiger partial charge in [-0.3, -0.25) is 4.90 Å². The van der Waals surface area contributed by atoms with E-state index >= 15 is 0 Å². The maximum atomic E-state index is 11.6. The summed E-state index contributed by atoms with van der Waals surface area (Å²) < 4.78 is 23.1. The van der Waals surface area contributed by atoms with Gasteiger partial charge in [0.2, 0.25) is 0 Å². The molecule has 0 aliphatic carbocycles. The Morgan fingerprint density at radius 1 is 1.20 bits per heavy atom. The third-order valence-electron chi connectivity index (χ3n) is 4.78. The minimum atomic E-state index is -3.13. The molecule has 0 radical (unpaired) electrons. The van der Waals surface area contributed by atoms with E-state index in [1.165, 1.54) is 12.7 Å². The molecule has 6 heteroatoms. The van der Waals surface area contributed by atoms with Crippen molar-refractivity contribution in [2.24, 2.45) is 0 Å². The molecule has 1 fully saturated rings. The second kappa shape index (κ2) is 7.54. The molecule has 0 spiro atoms. The molecule has 2 heterocycles. The van der Waals surface area contributed by atoms with Crippen molar-refractivity contribution in [3.63, 3.8) is 0 Å². The van der Waals surface area contributed by atoms with E-state index in [1.807, 2.05) is 30.5 Å². The van der Waals surface area contributed by atoms with Crippen molar-refractivity contribution in [3.8, 4) is 0 Å². The van der Waals surface area contributed by atoms with Crippen LogP contribution in [-0.4, -0.2) is 50.7 Å². The van der Waals surface area contributed by atoms with Crippen molar-refractivity contribution in [2.45, 2.75) is 30.3 Å². The number of piperidine rings is 1. The molecule has 25 heavy (non-hydrogen) atoms. The molecule has 1 aromatic heterocycles. The number of hydrogen-bond acceptors (Lipinski definition) is 5. The third-order valence-corrected chi connectivity index (χ3v) is 5.91. The second-order valence-corrected chi connectivity index (χ2v) is 8.78. The number of benzene rings is 1. The van der Waals surface area contributed by atoms with Gasteiger partial charge in [0.05, 0.1) is 4.90 Å². The monoisotopic (exact) mass is 359 g/mol. The van der Waals surface area contributed by atoms with Gasteiger partial charge in [0.15, 0.2) is 9.84 Å². The lowest BCUT2D eigenvalue weighted by atomic mass is 10.0. The van der Waals surface area contributed by atoms with E-state index in [4.69, 9.17) is 0 Å². The van der Waals surface area contributed by atoms with Gasteiger partial charge in [-0.15, -0.1) is 0 Å². The maximum absolute atomic E-state index is 11.6. The summed E-state index contributed by atoms with van der Waals surface area (Å²) in [6, 6.07) is 13.7. The minimum Gasteiger partial charge on any atom is -0.355 e. The van der Waals surface area contributed by atoms with Gasteiger partial charge in [-0.2, -0.15) is 0 Å². The number of anilines is 1. The maximum Gasteiger partial charge on any atom is 0.175 e. The van der Waals surface area contributed by atoms with E-state index in [2.05, 4.69) is 27.9 Å². The highest BCUT2D eigenvalue weighted by atomic mass is 32.2. The quantitative estimate of drug-likeness (QED) is 0.821. The molecule has 0 bridgehead atoms. The Balaban J connectivity index is 1.63. The van der Waals surface area contributed by atoms with E-state index in [1.54, 1.807) is 12.1 Å². The van der Waals surface area contributed by atoms with Crippen LogP contribution in [-0.2, 0) is 16.4 Å². The van der Waals surface area contributed by atoms with Gasteiger partial charge in [0, 0.05) is 38.1 Å². The highest BCUT2D eigenvalue weighted by molar-refractivity contribution is 7.90. The number of nitrogens with zero attached hydrogens (tertiary/aromatic N) is 3. The van der Waals surface area contributed by atoms with Crippen LogP contribution >= 0.6 is 0 Å². The first-order chi connectivity index (χ1) is 11.9. The highest BCUT2D eigenvalue weighted by Gasteiger charge is 2.24. The standard InChI is InChI=1S/C19H25N3O2S/c1-21(14-16-8-10-18(11-9-16)25(2,23)24)17-6-5-13-22(15-17)19-7-3-4-12-20-19/h3-4,7-12,17H,5-6,13-15H2,1-2H3/t17-/m1/s1. The zero-order chi connectivity index (χ0) is 17.9. The van der Waals surface area contributed by atoms with Crippen LogP contribution in [0, 0.1) is 0 Å². The first-order valence-corrected chi connectivity index (χ1v) is 10.5. The molecule has 2 aromatic rings. The fraction of sp³-hybridized carbons (Fsp3) is 0.421. The lowest BCUT2D eigenvalue weighted by Gasteiger charge is -2.38. The molecule has 0 N–H and O–H groups in total. The van der Waals surface area contributed by atoms with Gasteiger partial charge in [-0.05, 0) is 49.7 Å². The molecular formula is C19H25N3O2S. The van der Waals surface area contributed by atoms with Crippen molar-refractivity contribution in [2.75, 3.05) is 31.3 Å². The van der Waals surface area contributed by atoms with Crippen LogP contribution in [0.25, 0.3) is 0 Å². The summed E-state index contributed by atoms with van der Waals surface area (Å²) in [5, 5.41) is 0. The molecular weight excluding hydrogens is 334 g/mol. The Kier molecular flexibility index (Phi) is 5.39. The van der Waals surface area contributed by atoms with Gasteiger partial charge < -0.3 is 4.90 Å². The van der Waals surface area contributed by atoms with Gasteiger partial charge in [0.25, 0.3) is 0 Å². The number of likely N-dealkylation sites (N-methyl/N-ethyl adjacent to an activating group) is 1. The Bertz CT molecular complexity index is 791. The van der Waals surface area contributed by atoms with Crippen molar-refractivity contribution >= 4 is 15.7 Å². The van der Waals surface area contributed by atoms with E-state index in [9.17, 15) is 8.42 Å². The average Bonchev–Trinajstić information content (AvgIpc) is 2.62. The normalized spacial score (nSPS) is 18.5. The lowest BCUT2D eigenvalue weighted by molar-refractivity contribution is 0.207. The van der Waals surface area contributed by atoms with Crippen LogP contribution in [0.2, 0.25) is 0 Å². The van der Waals surface area contributed by atoms with E-state index in [0.29, 0.717) is 10.9 Å². The van der Waals surface area contributed by atoms with Crippen molar-refractivity contribution < 1.29 is 8.42 Å². The zero-order valence-electron chi connectivity index (χ0n) is 14.8. The Labute approximate surface area is 150 Å². The van der Waals surface area contributed by atoms with Gasteiger partial charge in [0.1, 0.15) is 5.82 Å². The molecule has 1 aliphatic rings. The van der Waals surface area contributed by atoms with Crippen molar-refractivity contribution in [1.82, 2.24) is 9.88 Å². The molecule has 0 unspecified atom stereocenters. The Morgan fingerprint density at radius 3 is 2.60 bits per heavy atom. The first-order valence-electron chi connectivity index (χ1n) is 8.59. The predicted octanol–water partition coefficient (Wildman–Crippen LogP) is 2.59. The van der Waals surface area contributed by atoms with E-state index < -0.39 is 9.84 Å². The van der Waals surface area contributed by atoms with Crippen molar-refractivity contribution in [3.05, 3.63) is 54.2 Å². The molecule has 3 rings (SSSR count). The summed E-state index contributed by atoms with van der Waals surface area (Å²) >= 11 is 0. The summed E-state index contributed by atoms with van der Waals surface area (Å²) in [7, 11) is -0.998. The molecule has 1 atom stereocenters. The van der Waals surface area contributed by atoms with Crippen LogP contribution in [0.1, 0.15) is 18.4 Å².